The van der Waals surface area contributed by atoms with Crippen molar-refractivity contribution in [3.05, 3.63) is 29.8 Å². The van der Waals surface area contributed by atoms with Crippen LogP contribution in [0, 0.1) is 5.92 Å². The Balaban J connectivity index is 1.85. The summed E-state index contributed by atoms with van der Waals surface area (Å²) in [5.41, 5.74) is 0.765. The summed E-state index contributed by atoms with van der Waals surface area (Å²) >= 11 is 1.67. The van der Waals surface area contributed by atoms with Crippen LogP contribution < -0.4 is 5.32 Å². The fraction of sp³-hybridized carbons (Fsp3) is 0.500. The maximum Gasteiger partial charge on any atom is 0.222 e. The van der Waals surface area contributed by atoms with E-state index in [1.807, 2.05) is 30.5 Å². The van der Waals surface area contributed by atoms with Crippen LogP contribution in [0.15, 0.2) is 29.2 Å². The third-order valence-corrected chi connectivity index (χ3v) is 4.73. The van der Waals surface area contributed by atoms with Crippen LogP contribution in [0.5, 0.6) is 0 Å². The SMILES string of the molecule is CNC(=O)C1CCN(CC(=O)c2ccc(SC)cc2)CC1. The zero-order chi connectivity index (χ0) is 15.2. The lowest BCUT2D eigenvalue weighted by molar-refractivity contribution is -0.125. The average molecular weight is 306 g/mol. The summed E-state index contributed by atoms with van der Waals surface area (Å²) in [5, 5.41) is 2.70. The molecule has 1 aliphatic heterocycles. The second-order valence-electron chi connectivity index (χ2n) is 5.32. The van der Waals surface area contributed by atoms with E-state index in [1.54, 1.807) is 18.8 Å². The molecule has 0 saturated carbocycles. The van der Waals surface area contributed by atoms with Gasteiger partial charge in [-0.25, -0.2) is 0 Å². The number of nitrogens with zero attached hydrogens (tertiary/aromatic N) is 1. The number of piperidine rings is 1. The number of hydrogen-bond acceptors (Lipinski definition) is 4. The molecule has 0 aromatic heterocycles. The van der Waals surface area contributed by atoms with Crippen LogP contribution in [0.3, 0.4) is 0 Å². The highest BCUT2D eigenvalue weighted by Crippen LogP contribution is 2.18. The van der Waals surface area contributed by atoms with Crippen molar-refractivity contribution >= 4 is 23.5 Å². The van der Waals surface area contributed by atoms with Gasteiger partial charge in [-0.15, -0.1) is 11.8 Å². The van der Waals surface area contributed by atoms with Crippen LogP contribution >= 0.6 is 11.8 Å². The summed E-state index contributed by atoms with van der Waals surface area (Å²) in [6.45, 7) is 2.07. The summed E-state index contributed by atoms with van der Waals surface area (Å²) in [5.74, 6) is 0.372. The number of hydrogen-bond donors (Lipinski definition) is 1. The molecule has 0 bridgehead atoms. The number of carbonyl (C=O) groups is 2. The van der Waals surface area contributed by atoms with E-state index in [2.05, 4.69) is 10.2 Å². The Hall–Kier alpha value is -1.33. The molecule has 0 spiro atoms. The van der Waals surface area contributed by atoms with Gasteiger partial charge < -0.3 is 5.32 Å². The van der Waals surface area contributed by atoms with Crippen molar-refractivity contribution in [1.82, 2.24) is 10.2 Å². The number of amides is 1. The van der Waals surface area contributed by atoms with Gasteiger partial charge in [0, 0.05) is 23.4 Å². The van der Waals surface area contributed by atoms with Gasteiger partial charge in [0.05, 0.1) is 6.54 Å². The molecular formula is C16H22N2O2S. The summed E-state index contributed by atoms with van der Waals surface area (Å²) in [6, 6.07) is 7.75. The molecule has 4 nitrogen and oxygen atoms in total. The molecule has 21 heavy (non-hydrogen) atoms. The molecule has 1 saturated heterocycles. The van der Waals surface area contributed by atoms with E-state index in [4.69, 9.17) is 0 Å². The number of rotatable bonds is 5. The molecule has 0 aliphatic carbocycles. The Labute approximate surface area is 130 Å². The van der Waals surface area contributed by atoms with E-state index in [0.717, 1.165) is 36.4 Å². The normalized spacial score (nSPS) is 16.7. The zero-order valence-corrected chi connectivity index (χ0v) is 13.4. The summed E-state index contributed by atoms with van der Waals surface area (Å²) in [6.07, 6.45) is 3.68. The molecule has 1 N–H and O–H groups in total. The van der Waals surface area contributed by atoms with Crippen molar-refractivity contribution in [3.63, 3.8) is 0 Å². The predicted molar refractivity (Wildman–Crippen MR) is 85.8 cm³/mol. The fourth-order valence-corrected chi connectivity index (χ4v) is 3.04. The first-order valence-electron chi connectivity index (χ1n) is 7.25. The Morgan fingerprint density at radius 2 is 1.86 bits per heavy atom. The molecule has 0 radical (unpaired) electrons. The van der Waals surface area contributed by atoms with E-state index in [0.29, 0.717) is 6.54 Å². The van der Waals surface area contributed by atoms with E-state index >= 15 is 0 Å². The van der Waals surface area contributed by atoms with Crippen LogP contribution in [0.4, 0.5) is 0 Å². The zero-order valence-electron chi connectivity index (χ0n) is 12.6. The maximum atomic E-state index is 12.3. The number of likely N-dealkylation sites (tertiary alicyclic amines) is 1. The molecular weight excluding hydrogens is 284 g/mol. The van der Waals surface area contributed by atoms with E-state index in [9.17, 15) is 9.59 Å². The molecule has 2 rings (SSSR count). The van der Waals surface area contributed by atoms with Gasteiger partial charge in [-0.1, -0.05) is 12.1 Å². The van der Waals surface area contributed by atoms with Gasteiger partial charge in [-0.3, -0.25) is 14.5 Å². The van der Waals surface area contributed by atoms with Crippen molar-refractivity contribution in [2.75, 3.05) is 32.9 Å². The number of benzene rings is 1. The molecule has 114 valence electrons. The topological polar surface area (TPSA) is 49.4 Å². The highest BCUT2D eigenvalue weighted by Gasteiger charge is 2.25. The Morgan fingerprint density at radius 1 is 1.24 bits per heavy atom. The van der Waals surface area contributed by atoms with Gasteiger partial charge >= 0.3 is 0 Å². The summed E-state index contributed by atoms with van der Waals surface area (Å²) < 4.78 is 0. The molecule has 1 heterocycles. The number of nitrogens with one attached hydrogen (secondary N) is 1. The quantitative estimate of drug-likeness (QED) is 0.668. The molecule has 1 fully saturated rings. The second-order valence-corrected chi connectivity index (χ2v) is 6.20. The van der Waals surface area contributed by atoms with Crippen molar-refractivity contribution in [2.45, 2.75) is 17.7 Å². The van der Waals surface area contributed by atoms with E-state index < -0.39 is 0 Å². The molecule has 5 heteroatoms. The summed E-state index contributed by atoms with van der Waals surface area (Å²) in [7, 11) is 1.68. The first kappa shape index (κ1) is 16.0. The molecule has 1 aliphatic rings. The lowest BCUT2D eigenvalue weighted by atomic mass is 9.95. The predicted octanol–water partition coefficient (Wildman–Crippen LogP) is 2.05. The minimum absolute atomic E-state index is 0.0993. The largest absolute Gasteiger partial charge is 0.359 e. The van der Waals surface area contributed by atoms with Gasteiger partial charge in [0.1, 0.15) is 0 Å². The number of Topliss-reactive ketones (excluding diaryl/α,β-unsaturated/α-hetero) is 1. The van der Waals surface area contributed by atoms with Crippen molar-refractivity contribution in [2.24, 2.45) is 5.92 Å². The smallest absolute Gasteiger partial charge is 0.222 e. The minimum atomic E-state index is 0.0993. The highest BCUT2D eigenvalue weighted by atomic mass is 32.2. The van der Waals surface area contributed by atoms with Gasteiger partial charge in [0.15, 0.2) is 5.78 Å². The number of ketones is 1. The Kier molecular flexibility index (Phi) is 5.82. The lowest BCUT2D eigenvalue weighted by Crippen LogP contribution is -2.41. The molecule has 1 aromatic rings. The average Bonchev–Trinajstić information content (AvgIpc) is 2.55. The first-order chi connectivity index (χ1) is 10.1. The Bertz CT molecular complexity index is 494. The summed E-state index contributed by atoms with van der Waals surface area (Å²) in [4.78, 5) is 27.1. The van der Waals surface area contributed by atoms with Crippen molar-refractivity contribution < 1.29 is 9.59 Å². The fourth-order valence-electron chi connectivity index (χ4n) is 2.63. The van der Waals surface area contributed by atoms with Crippen molar-refractivity contribution in [1.29, 1.82) is 0 Å². The third kappa shape index (κ3) is 4.32. The van der Waals surface area contributed by atoms with E-state index in [1.165, 1.54) is 0 Å². The molecule has 1 amide bonds. The van der Waals surface area contributed by atoms with Crippen LogP contribution in [-0.4, -0.2) is 49.5 Å². The number of carbonyl (C=O) groups excluding carboxylic acids is 2. The number of thioether (sulfide) groups is 1. The van der Waals surface area contributed by atoms with E-state index in [-0.39, 0.29) is 17.6 Å². The van der Waals surface area contributed by atoms with Gasteiger partial charge in [0.25, 0.3) is 0 Å². The minimum Gasteiger partial charge on any atom is -0.359 e. The highest BCUT2D eigenvalue weighted by molar-refractivity contribution is 7.98. The Morgan fingerprint density at radius 3 is 2.38 bits per heavy atom. The molecule has 0 atom stereocenters. The van der Waals surface area contributed by atoms with Gasteiger partial charge in [-0.2, -0.15) is 0 Å². The van der Waals surface area contributed by atoms with Gasteiger partial charge in [0.2, 0.25) is 5.91 Å². The first-order valence-corrected chi connectivity index (χ1v) is 8.47. The van der Waals surface area contributed by atoms with Crippen LogP contribution in [-0.2, 0) is 4.79 Å². The van der Waals surface area contributed by atoms with Crippen molar-refractivity contribution in [3.8, 4) is 0 Å². The lowest BCUT2D eigenvalue weighted by Gasteiger charge is -2.30. The molecule has 1 aromatic carbocycles. The van der Waals surface area contributed by atoms with Gasteiger partial charge in [-0.05, 0) is 44.3 Å². The maximum absolute atomic E-state index is 12.3. The van der Waals surface area contributed by atoms with Crippen LogP contribution in [0.25, 0.3) is 0 Å². The molecule has 0 unspecified atom stereocenters. The standard InChI is InChI=1S/C16H22N2O2S/c1-17-16(20)13-7-9-18(10-8-13)11-15(19)12-3-5-14(21-2)6-4-12/h3-6,13H,7-11H2,1-2H3,(H,17,20). The van der Waals surface area contributed by atoms with Crippen LogP contribution in [0.2, 0.25) is 0 Å². The second kappa shape index (κ2) is 7.61. The third-order valence-electron chi connectivity index (χ3n) is 3.98. The monoisotopic (exact) mass is 306 g/mol. The van der Waals surface area contributed by atoms with Crippen LogP contribution in [0.1, 0.15) is 23.2 Å².